The number of nitrogens with two attached hydrogens (primary N) is 1. The van der Waals surface area contributed by atoms with Crippen LogP contribution in [-0.4, -0.2) is 16.3 Å². The number of benzene rings is 1. The molecular formula is C11H8BrF3N4O. The van der Waals surface area contributed by atoms with Crippen molar-refractivity contribution in [3.63, 3.8) is 0 Å². The predicted molar refractivity (Wildman–Crippen MR) is 70.6 cm³/mol. The number of nitrogen functional groups attached to an aromatic ring is 1. The molecule has 0 atom stereocenters. The van der Waals surface area contributed by atoms with E-state index in [0.717, 1.165) is 0 Å². The zero-order chi connectivity index (χ0) is 14.8. The second-order valence-electron chi connectivity index (χ2n) is 3.64. The Hall–Kier alpha value is -2.03. The first-order valence-corrected chi connectivity index (χ1v) is 6.02. The highest BCUT2D eigenvalue weighted by Gasteiger charge is 2.32. The van der Waals surface area contributed by atoms with E-state index in [-0.39, 0.29) is 17.2 Å². The summed E-state index contributed by atoms with van der Waals surface area (Å²) in [5.74, 6) is -0.209. The van der Waals surface area contributed by atoms with Gasteiger partial charge in [-0.15, -0.1) is 13.2 Å². The molecule has 0 bridgehead atoms. The van der Waals surface area contributed by atoms with Crippen molar-refractivity contribution >= 4 is 33.1 Å². The summed E-state index contributed by atoms with van der Waals surface area (Å²) in [7, 11) is 0. The van der Waals surface area contributed by atoms with Crippen LogP contribution in [0.15, 0.2) is 35.2 Å². The van der Waals surface area contributed by atoms with E-state index >= 15 is 0 Å². The fraction of sp³-hybridized carbons (Fsp3) is 0.0909. The number of nitrogens with zero attached hydrogens (tertiary/aromatic N) is 2. The van der Waals surface area contributed by atoms with E-state index in [4.69, 9.17) is 5.73 Å². The number of nitrogens with one attached hydrogen (secondary N) is 1. The zero-order valence-electron chi connectivity index (χ0n) is 9.78. The van der Waals surface area contributed by atoms with Crippen LogP contribution in [0.2, 0.25) is 0 Å². The number of halogens is 4. The largest absolute Gasteiger partial charge is 0.573 e. The van der Waals surface area contributed by atoms with Gasteiger partial charge in [-0.25, -0.2) is 9.97 Å². The Bertz CT molecular complexity index is 621. The molecule has 20 heavy (non-hydrogen) atoms. The normalized spacial score (nSPS) is 11.2. The minimum absolute atomic E-state index is 0.0796. The van der Waals surface area contributed by atoms with Crippen LogP contribution < -0.4 is 15.8 Å². The molecule has 0 spiro atoms. The number of aromatic nitrogens is 2. The molecular weight excluding hydrogens is 341 g/mol. The Labute approximate surface area is 120 Å². The molecule has 0 radical (unpaired) electrons. The number of rotatable bonds is 3. The molecule has 0 aliphatic carbocycles. The number of ether oxygens (including phenoxy) is 1. The van der Waals surface area contributed by atoms with Crippen LogP contribution in [0.3, 0.4) is 0 Å². The molecule has 2 rings (SSSR count). The molecule has 9 heteroatoms. The molecule has 0 aliphatic rings. The summed E-state index contributed by atoms with van der Waals surface area (Å²) >= 11 is 3.08. The second-order valence-corrected chi connectivity index (χ2v) is 4.56. The third-order valence-corrected chi connectivity index (χ3v) is 2.66. The summed E-state index contributed by atoms with van der Waals surface area (Å²) in [4.78, 5) is 7.53. The van der Waals surface area contributed by atoms with Gasteiger partial charge in [-0.2, -0.15) is 0 Å². The van der Waals surface area contributed by atoms with Gasteiger partial charge in [0.05, 0.1) is 17.6 Å². The van der Waals surface area contributed by atoms with Gasteiger partial charge in [-0.05, 0) is 18.2 Å². The van der Waals surface area contributed by atoms with Crippen molar-refractivity contribution in [3.05, 3.63) is 35.2 Å². The Kier molecular flexibility index (Phi) is 3.98. The fourth-order valence-corrected chi connectivity index (χ4v) is 1.72. The standard InChI is InChI=1S/C11H8BrF3N4O/c12-6-1-2-8(9(3-6)20-11(13,14)15)19-10-7(16)4-17-5-18-10/h1-5H,16H2,(H,17,18,19). The van der Waals surface area contributed by atoms with Gasteiger partial charge in [0, 0.05) is 4.47 Å². The highest BCUT2D eigenvalue weighted by Crippen LogP contribution is 2.35. The molecule has 2 aromatic rings. The summed E-state index contributed by atoms with van der Waals surface area (Å²) in [6.45, 7) is 0. The van der Waals surface area contributed by atoms with Crippen LogP contribution in [0.5, 0.6) is 5.75 Å². The van der Waals surface area contributed by atoms with E-state index in [1.54, 1.807) is 6.07 Å². The van der Waals surface area contributed by atoms with Crippen LogP contribution in [-0.2, 0) is 0 Å². The fourth-order valence-electron chi connectivity index (χ4n) is 1.38. The highest BCUT2D eigenvalue weighted by molar-refractivity contribution is 9.10. The minimum Gasteiger partial charge on any atom is -0.404 e. The lowest BCUT2D eigenvalue weighted by Crippen LogP contribution is -2.18. The maximum absolute atomic E-state index is 12.4. The number of anilines is 3. The molecule has 5 nitrogen and oxygen atoms in total. The highest BCUT2D eigenvalue weighted by atomic mass is 79.9. The monoisotopic (exact) mass is 348 g/mol. The van der Waals surface area contributed by atoms with Crippen molar-refractivity contribution < 1.29 is 17.9 Å². The first-order valence-electron chi connectivity index (χ1n) is 5.23. The maximum atomic E-state index is 12.4. The van der Waals surface area contributed by atoms with Gasteiger partial charge in [-0.1, -0.05) is 15.9 Å². The first-order chi connectivity index (χ1) is 9.35. The first kappa shape index (κ1) is 14.4. The number of alkyl halides is 3. The Morgan fingerprint density at radius 1 is 1.30 bits per heavy atom. The third-order valence-electron chi connectivity index (χ3n) is 2.16. The molecule has 0 aliphatic heterocycles. The molecule has 1 heterocycles. The van der Waals surface area contributed by atoms with Crippen molar-refractivity contribution in [1.29, 1.82) is 0 Å². The quantitative estimate of drug-likeness (QED) is 0.888. The van der Waals surface area contributed by atoms with E-state index in [9.17, 15) is 13.2 Å². The average molecular weight is 349 g/mol. The van der Waals surface area contributed by atoms with E-state index in [1.807, 2.05) is 0 Å². The molecule has 1 aromatic carbocycles. The lowest BCUT2D eigenvalue weighted by Gasteiger charge is -2.15. The number of hydrogen-bond acceptors (Lipinski definition) is 5. The minimum atomic E-state index is -4.80. The van der Waals surface area contributed by atoms with Gasteiger partial charge in [0.25, 0.3) is 0 Å². The van der Waals surface area contributed by atoms with Gasteiger partial charge in [0.15, 0.2) is 11.6 Å². The Morgan fingerprint density at radius 2 is 2.05 bits per heavy atom. The smallest absolute Gasteiger partial charge is 0.404 e. The second kappa shape index (κ2) is 5.53. The molecule has 0 unspecified atom stereocenters. The molecule has 0 fully saturated rings. The van der Waals surface area contributed by atoms with Crippen molar-refractivity contribution in [2.75, 3.05) is 11.1 Å². The summed E-state index contributed by atoms with van der Waals surface area (Å²) < 4.78 is 41.5. The summed E-state index contributed by atoms with van der Waals surface area (Å²) in [5, 5.41) is 2.67. The Morgan fingerprint density at radius 3 is 2.70 bits per heavy atom. The van der Waals surface area contributed by atoms with Crippen LogP contribution in [0.25, 0.3) is 0 Å². The molecule has 0 saturated carbocycles. The Balaban J connectivity index is 2.34. The summed E-state index contributed by atoms with van der Waals surface area (Å²) in [6, 6.07) is 4.16. The van der Waals surface area contributed by atoms with Crippen molar-refractivity contribution in [2.24, 2.45) is 0 Å². The van der Waals surface area contributed by atoms with E-state index in [2.05, 4.69) is 36.0 Å². The predicted octanol–water partition coefficient (Wildman–Crippen LogP) is 3.46. The van der Waals surface area contributed by atoms with E-state index in [0.29, 0.717) is 4.47 Å². The van der Waals surface area contributed by atoms with Crippen LogP contribution in [0.4, 0.5) is 30.4 Å². The zero-order valence-corrected chi connectivity index (χ0v) is 11.4. The molecule has 0 amide bonds. The van der Waals surface area contributed by atoms with Crippen molar-refractivity contribution in [2.45, 2.75) is 6.36 Å². The van der Waals surface area contributed by atoms with Crippen LogP contribution in [0, 0.1) is 0 Å². The molecule has 3 N–H and O–H groups in total. The average Bonchev–Trinajstić information content (AvgIpc) is 2.33. The van der Waals surface area contributed by atoms with Gasteiger partial charge >= 0.3 is 6.36 Å². The lowest BCUT2D eigenvalue weighted by molar-refractivity contribution is -0.274. The van der Waals surface area contributed by atoms with E-state index in [1.165, 1.54) is 24.7 Å². The molecule has 106 valence electrons. The topological polar surface area (TPSA) is 73.1 Å². The van der Waals surface area contributed by atoms with Gasteiger partial charge < -0.3 is 15.8 Å². The summed E-state index contributed by atoms with van der Waals surface area (Å²) in [6.07, 6.45) is -2.24. The number of hydrogen-bond donors (Lipinski definition) is 2. The van der Waals surface area contributed by atoms with E-state index < -0.39 is 12.1 Å². The SMILES string of the molecule is Nc1cncnc1Nc1ccc(Br)cc1OC(F)(F)F. The van der Waals surface area contributed by atoms with Crippen molar-refractivity contribution in [3.8, 4) is 5.75 Å². The molecule has 1 aromatic heterocycles. The molecule has 0 saturated heterocycles. The lowest BCUT2D eigenvalue weighted by atomic mass is 10.3. The summed E-state index contributed by atoms with van der Waals surface area (Å²) in [5.41, 5.74) is 5.90. The maximum Gasteiger partial charge on any atom is 0.573 e. The third kappa shape index (κ3) is 3.73. The van der Waals surface area contributed by atoms with Gasteiger partial charge in [0.1, 0.15) is 6.33 Å². The van der Waals surface area contributed by atoms with Crippen LogP contribution >= 0.6 is 15.9 Å². The van der Waals surface area contributed by atoms with Gasteiger partial charge in [-0.3, -0.25) is 0 Å². The van der Waals surface area contributed by atoms with Gasteiger partial charge in [0.2, 0.25) is 0 Å². The van der Waals surface area contributed by atoms with Crippen molar-refractivity contribution in [1.82, 2.24) is 9.97 Å². The van der Waals surface area contributed by atoms with Crippen LogP contribution in [0.1, 0.15) is 0 Å².